The second-order valence-corrected chi connectivity index (χ2v) is 6.81. The Morgan fingerprint density at radius 3 is 2.97 bits per heavy atom. The molecule has 6 nitrogen and oxygen atoms in total. The third-order valence-electron chi connectivity index (χ3n) is 4.96. The maximum atomic E-state index is 13.0. The molecule has 0 saturated carbocycles. The van der Waals surface area contributed by atoms with Crippen LogP contribution < -0.4 is 15.6 Å². The molecule has 0 radical (unpaired) electrons. The predicted octanol–water partition coefficient (Wildman–Crippen LogP) is 3.09. The van der Waals surface area contributed by atoms with Crippen LogP contribution >= 0.6 is 0 Å². The lowest BCUT2D eigenvalue weighted by atomic mass is 10.1. The summed E-state index contributed by atoms with van der Waals surface area (Å²) in [5, 5.41) is 2.57. The van der Waals surface area contributed by atoms with Gasteiger partial charge in [0.05, 0.1) is 23.1 Å². The Morgan fingerprint density at radius 1 is 1.27 bits per heavy atom. The average molecular weight is 410 g/mol. The summed E-state index contributed by atoms with van der Waals surface area (Å²) in [6, 6.07) is 10.5. The van der Waals surface area contributed by atoms with Crippen LogP contribution in [0.4, 0.5) is 4.39 Å². The van der Waals surface area contributed by atoms with Gasteiger partial charge in [0.2, 0.25) is 0 Å². The minimum atomic E-state index is -2.65. The second kappa shape index (κ2) is 7.42. The van der Waals surface area contributed by atoms with Gasteiger partial charge >= 0.3 is 0 Å². The van der Waals surface area contributed by atoms with E-state index in [4.69, 9.17) is 13.0 Å². The van der Waals surface area contributed by atoms with Crippen LogP contribution in [-0.4, -0.2) is 20.6 Å². The van der Waals surface area contributed by atoms with Crippen LogP contribution in [0.5, 0.6) is 5.75 Å². The molecular weight excluding hydrogens is 383 g/mol. The first kappa shape index (κ1) is 13.0. The molecule has 152 valence electrons. The number of nitrogens with zero attached hydrogens (tertiary/aromatic N) is 3. The van der Waals surface area contributed by atoms with Crippen molar-refractivity contribution in [3.8, 4) is 11.4 Å². The van der Waals surface area contributed by atoms with Gasteiger partial charge in [-0.25, -0.2) is 4.39 Å². The summed E-state index contributed by atoms with van der Waals surface area (Å²) in [7, 11) is 1.55. The minimum absolute atomic E-state index is 0.0252. The summed E-state index contributed by atoms with van der Waals surface area (Å²) in [4.78, 5) is 16.7. The molecule has 30 heavy (non-hydrogen) atoms. The third-order valence-corrected chi connectivity index (χ3v) is 4.96. The number of aryl methyl sites for hydroxylation is 1. The van der Waals surface area contributed by atoms with E-state index < -0.39 is 30.7 Å². The highest BCUT2D eigenvalue weighted by Gasteiger charge is 2.18. The van der Waals surface area contributed by atoms with E-state index in [1.807, 2.05) is 0 Å². The number of ether oxygens (including phenoxy) is 1. The van der Waals surface area contributed by atoms with Crippen molar-refractivity contribution in [1.29, 1.82) is 0 Å². The van der Waals surface area contributed by atoms with E-state index in [1.165, 1.54) is 33.5 Å². The Morgan fingerprint density at radius 2 is 2.17 bits per heavy atom. The van der Waals surface area contributed by atoms with Gasteiger partial charge in [0.25, 0.3) is 5.56 Å². The zero-order chi connectivity index (χ0) is 26.0. The smallest absolute Gasteiger partial charge is 0.258 e. The molecule has 1 aliphatic heterocycles. The molecule has 0 bridgehead atoms. The Labute approximate surface area is 181 Å². The fourth-order valence-corrected chi connectivity index (χ4v) is 3.44. The lowest BCUT2D eigenvalue weighted by Gasteiger charge is -2.14. The molecule has 0 spiro atoms. The number of hydrogen-bond donors (Lipinski definition) is 1. The molecule has 0 atom stereocenters. The SMILES string of the molecule is [2H]C1([2H])NC([2H])([2H])C([2H])([2H])c2c1c1ccc(-n3ccc(OCc4ccc(F)cn4)cc3=O)cc1n2C. The van der Waals surface area contributed by atoms with Crippen LogP contribution in [0.15, 0.2) is 59.7 Å². The van der Waals surface area contributed by atoms with E-state index in [9.17, 15) is 9.18 Å². The molecule has 5 rings (SSSR count). The van der Waals surface area contributed by atoms with Crippen molar-refractivity contribution in [2.75, 3.05) is 6.50 Å². The van der Waals surface area contributed by atoms with Crippen molar-refractivity contribution >= 4 is 10.9 Å². The van der Waals surface area contributed by atoms with Crippen LogP contribution in [-0.2, 0) is 26.5 Å². The largest absolute Gasteiger partial charge is 0.487 e. The van der Waals surface area contributed by atoms with Gasteiger partial charge in [-0.1, -0.05) is 6.07 Å². The quantitative estimate of drug-likeness (QED) is 0.562. The summed E-state index contributed by atoms with van der Waals surface area (Å²) in [6.45, 7) is -4.92. The maximum absolute atomic E-state index is 13.0. The molecule has 1 N–H and O–H groups in total. The summed E-state index contributed by atoms with van der Waals surface area (Å²) in [5.41, 5.74) is 0.915. The van der Waals surface area contributed by atoms with Crippen molar-refractivity contribution in [2.45, 2.75) is 19.5 Å². The van der Waals surface area contributed by atoms with E-state index >= 15 is 0 Å². The first-order valence-corrected chi connectivity index (χ1v) is 9.21. The second-order valence-electron chi connectivity index (χ2n) is 6.81. The minimum Gasteiger partial charge on any atom is -0.487 e. The van der Waals surface area contributed by atoms with Gasteiger partial charge in [-0.3, -0.25) is 14.3 Å². The van der Waals surface area contributed by atoms with Crippen molar-refractivity contribution in [2.24, 2.45) is 7.05 Å². The zero-order valence-corrected chi connectivity index (χ0v) is 15.9. The van der Waals surface area contributed by atoms with Crippen molar-refractivity contribution in [1.82, 2.24) is 19.4 Å². The van der Waals surface area contributed by atoms with E-state index in [0.717, 1.165) is 6.20 Å². The van der Waals surface area contributed by atoms with Crippen molar-refractivity contribution in [3.63, 3.8) is 0 Å². The number of aromatic nitrogens is 3. The number of rotatable bonds is 4. The Kier molecular flexibility index (Phi) is 3.21. The topological polar surface area (TPSA) is 61.1 Å². The highest BCUT2D eigenvalue weighted by Crippen LogP contribution is 2.29. The molecule has 0 saturated heterocycles. The number of benzene rings is 1. The fourth-order valence-electron chi connectivity index (χ4n) is 3.44. The highest BCUT2D eigenvalue weighted by atomic mass is 19.1. The van der Waals surface area contributed by atoms with E-state index in [0.29, 0.717) is 28.0 Å². The molecule has 3 aromatic heterocycles. The Bertz CT molecular complexity index is 1550. The first-order valence-electron chi connectivity index (χ1n) is 12.2. The molecule has 4 aromatic rings. The summed E-state index contributed by atoms with van der Waals surface area (Å²) >= 11 is 0. The van der Waals surface area contributed by atoms with Crippen molar-refractivity contribution < 1.29 is 17.4 Å². The van der Waals surface area contributed by atoms with Gasteiger partial charge in [0, 0.05) is 58.0 Å². The number of halogens is 1. The monoisotopic (exact) mass is 410 g/mol. The van der Waals surface area contributed by atoms with Gasteiger partial charge < -0.3 is 14.6 Å². The molecule has 0 amide bonds. The van der Waals surface area contributed by atoms with E-state index in [2.05, 4.69) is 10.3 Å². The van der Waals surface area contributed by atoms with Crippen LogP contribution in [0.25, 0.3) is 16.6 Å². The molecule has 0 aliphatic carbocycles. The highest BCUT2D eigenvalue weighted by molar-refractivity contribution is 5.87. The maximum Gasteiger partial charge on any atom is 0.258 e. The molecule has 1 aliphatic rings. The van der Waals surface area contributed by atoms with Crippen molar-refractivity contribution in [3.05, 3.63) is 88.0 Å². The number of nitrogens with one attached hydrogen (secondary N) is 1. The predicted molar refractivity (Wildman–Crippen MR) is 112 cm³/mol. The molecular formula is C23H21FN4O2. The van der Waals surface area contributed by atoms with Crippen LogP contribution in [0.2, 0.25) is 0 Å². The Hall–Kier alpha value is -3.45. The lowest BCUT2D eigenvalue weighted by molar-refractivity contribution is 0.300. The van der Waals surface area contributed by atoms with Gasteiger partial charge in [-0.15, -0.1) is 0 Å². The van der Waals surface area contributed by atoms with Gasteiger partial charge in [0.1, 0.15) is 18.2 Å². The van der Waals surface area contributed by atoms with Crippen LogP contribution in [0.3, 0.4) is 0 Å². The Balaban J connectivity index is 1.52. The zero-order valence-electron chi connectivity index (χ0n) is 21.9. The van der Waals surface area contributed by atoms with E-state index in [-0.39, 0.29) is 17.9 Å². The van der Waals surface area contributed by atoms with E-state index in [1.54, 1.807) is 31.3 Å². The summed E-state index contributed by atoms with van der Waals surface area (Å²) in [6.07, 6.45) is 0.0743. The van der Waals surface area contributed by atoms with Gasteiger partial charge in [0.15, 0.2) is 0 Å². The molecule has 0 unspecified atom stereocenters. The molecule has 1 aromatic carbocycles. The first-order chi connectivity index (χ1) is 16.8. The number of pyridine rings is 2. The van der Waals surface area contributed by atoms with Crippen LogP contribution in [0.1, 0.15) is 25.2 Å². The number of hydrogen-bond acceptors (Lipinski definition) is 4. The number of fused-ring (bicyclic) bond motifs is 3. The molecule has 4 heterocycles. The summed E-state index contributed by atoms with van der Waals surface area (Å²) < 4.78 is 71.0. The molecule has 0 fully saturated rings. The third kappa shape index (κ3) is 3.27. The standard InChI is InChI=1S/C23H21FN4O2/c1-27-21-6-8-25-13-20(21)19-5-4-17(10-22(19)27)28-9-7-18(11-23(28)29)30-14-16-3-2-15(24)12-26-16/h2-5,7,9-12,25H,6,8,13-14H2,1H3/i6D2,8D2,13D2. The molecule has 7 heteroatoms. The normalized spacial score (nSPS) is 21.4. The van der Waals surface area contributed by atoms with Gasteiger partial charge in [-0.05, 0) is 35.9 Å². The average Bonchev–Trinajstić information content (AvgIpc) is 3.11. The summed E-state index contributed by atoms with van der Waals surface area (Å²) in [5.74, 6) is -0.160. The van der Waals surface area contributed by atoms with Crippen LogP contribution in [0, 0.1) is 5.82 Å². The lowest BCUT2D eigenvalue weighted by Crippen LogP contribution is -2.24. The fraction of sp³-hybridized carbons (Fsp3) is 0.217. The van der Waals surface area contributed by atoms with Gasteiger partial charge in [-0.2, -0.15) is 0 Å².